The summed E-state index contributed by atoms with van der Waals surface area (Å²) in [6.45, 7) is 2.20. The number of ketones is 1. The number of piperidine rings is 1. The van der Waals surface area contributed by atoms with Crippen molar-refractivity contribution in [3.8, 4) is 0 Å². The molecule has 2 heterocycles. The van der Waals surface area contributed by atoms with E-state index in [-0.39, 0.29) is 18.5 Å². The minimum absolute atomic E-state index is 0.122. The minimum atomic E-state index is 0.122. The summed E-state index contributed by atoms with van der Waals surface area (Å²) in [5.74, 6) is 0.122. The van der Waals surface area contributed by atoms with Crippen LogP contribution in [0.15, 0.2) is 12.4 Å². The number of aromatic nitrogens is 2. The smallest absolute Gasteiger partial charge is 0.162 e. The minimum Gasteiger partial charge on any atom is -0.370 e. The summed E-state index contributed by atoms with van der Waals surface area (Å²) in [4.78, 5) is 11.7. The molecule has 1 aliphatic rings. The van der Waals surface area contributed by atoms with Gasteiger partial charge in [-0.1, -0.05) is 0 Å². The van der Waals surface area contributed by atoms with Crippen molar-refractivity contribution in [2.45, 2.75) is 25.4 Å². The Labute approximate surface area is 101 Å². The summed E-state index contributed by atoms with van der Waals surface area (Å²) >= 11 is 0. The zero-order valence-corrected chi connectivity index (χ0v) is 10.2. The summed E-state index contributed by atoms with van der Waals surface area (Å²) in [6.07, 6.45) is 6.25. The van der Waals surface area contributed by atoms with E-state index < -0.39 is 0 Å². The van der Waals surface area contributed by atoms with Gasteiger partial charge in [0.15, 0.2) is 5.78 Å². The summed E-state index contributed by atoms with van der Waals surface area (Å²) in [7, 11) is 1.85. The largest absolute Gasteiger partial charge is 0.370 e. The SMILES string of the molecule is Cn1cc(CC(=O)COC2CCNCC2)cn1. The molecule has 1 fully saturated rings. The zero-order chi connectivity index (χ0) is 12.1. The second kappa shape index (κ2) is 5.93. The molecule has 1 aliphatic heterocycles. The Morgan fingerprint density at radius 3 is 3.00 bits per heavy atom. The van der Waals surface area contributed by atoms with Gasteiger partial charge in [-0.05, 0) is 31.5 Å². The Kier molecular flexibility index (Phi) is 4.28. The van der Waals surface area contributed by atoms with E-state index in [2.05, 4.69) is 10.4 Å². The molecule has 0 spiro atoms. The van der Waals surface area contributed by atoms with Crippen molar-refractivity contribution in [1.82, 2.24) is 15.1 Å². The van der Waals surface area contributed by atoms with Crippen molar-refractivity contribution in [2.75, 3.05) is 19.7 Å². The van der Waals surface area contributed by atoms with Crippen LogP contribution < -0.4 is 5.32 Å². The molecule has 0 unspecified atom stereocenters. The molecule has 5 nitrogen and oxygen atoms in total. The summed E-state index contributed by atoms with van der Waals surface area (Å²) in [5.41, 5.74) is 0.950. The number of rotatable bonds is 5. The van der Waals surface area contributed by atoms with Crippen molar-refractivity contribution in [3.63, 3.8) is 0 Å². The van der Waals surface area contributed by atoms with Crippen LogP contribution in [0.3, 0.4) is 0 Å². The van der Waals surface area contributed by atoms with Gasteiger partial charge in [0, 0.05) is 19.7 Å². The number of ether oxygens (including phenoxy) is 1. The third kappa shape index (κ3) is 3.94. The maximum absolute atomic E-state index is 11.7. The summed E-state index contributed by atoms with van der Waals surface area (Å²) in [5, 5.41) is 7.30. The Hall–Kier alpha value is -1.20. The van der Waals surface area contributed by atoms with Crippen molar-refractivity contribution in [3.05, 3.63) is 18.0 Å². The molecule has 1 saturated heterocycles. The molecule has 0 aromatic carbocycles. The molecule has 5 heteroatoms. The topological polar surface area (TPSA) is 56.1 Å². The van der Waals surface area contributed by atoms with Crippen LogP contribution in [0, 0.1) is 0 Å². The predicted molar refractivity (Wildman–Crippen MR) is 63.8 cm³/mol. The van der Waals surface area contributed by atoms with Crippen molar-refractivity contribution >= 4 is 5.78 Å². The van der Waals surface area contributed by atoms with Crippen LogP contribution in [0.1, 0.15) is 18.4 Å². The molecule has 94 valence electrons. The molecule has 17 heavy (non-hydrogen) atoms. The van der Waals surface area contributed by atoms with E-state index in [4.69, 9.17) is 4.74 Å². The van der Waals surface area contributed by atoms with E-state index in [0.29, 0.717) is 6.42 Å². The number of nitrogens with one attached hydrogen (secondary N) is 1. The van der Waals surface area contributed by atoms with Gasteiger partial charge in [-0.15, -0.1) is 0 Å². The third-order valence-electron chi connectivity index (χ3n) is 2.93. The monoisotopic (exact) mass is 237 g/mol. The number of Topliss-reactive ketones (excluding diaryl/α,β-unsaturated/α-hetero) is 1. The van der Waals surface area contributed by atoms with Crippen molar-refractivity contribution in [1.29, 1.82) is 0 Å². The molecule has 2 rings (SSSR count). The molecule has 0 bridgehead atoms. The molecule has 0 amide bonds. The Balaban J connectivity index is 1.70. The summed E-state index contributed by atoms with van der Waals surface area (Å²) < 4.78 is 7.31. The number of aryl methyl sites for hydroxylation is 1. The van der Waals surface area contributed by atoms with Crippen LogP contribution in [0.25, 0.3) is 0 Å². The van der Waals surface area contributed by atoms with Gasteiger partial charge in [0.25, 0.3) is 0 Å². The molecular formula is C12H19N3O2. The van der Waals surface area contributed by atoms with Gasteiger partial charge in [0.05, 0.1) is 12.3 Å². The number of carbonyl (C=O) groups excluding carboxylic acids is 1. The van der Waals surface area contributed by atoms with E-state index in [1.807, 2.05) is 13.2 Å². The number of carbonyl (C=O) groups is 1. The first-order valence-corrected chi connectivity index (χ1v) is 6.05. The van der Waals surface area contributed by atoms with E-state index in [9.17, 15) is 4.79 Å². The zero-order valence-electron chi connectivity index (χ0n) is 10.2. The van der Waals surface area contributed by atoms with Crippen LogP contribution in [-0.4, -0.2) is 41.4 Å². The molecular weight excluding hydrogens is 218 g/mol. The summed E-state index contributed by atoms with van der Waals surface area (Å²) in [6, 6.07) is 0. The predicted octanol–water partition coefficient (Wildman–Crippen LogP) is 0.300. The van der Waals surface area contributed by atoms with Crippen molar-refractivity contribution in [2.24, 2.45) is 7.05 Å². The molecule has 0 aliphatic carbocycles. The van der Waals surface area contributed by atoms with Gasteiger partial charge in [-0.25, -0.2) is 0 Å². The highest BCUT2D eigenvalue weighted by Crippen LogP contribution is 2.07. The van der Waals surface area contributed by atoms with Gasteiger partial charge < -0.3 is 10.1 Å². The first-order valence-electron chi connectivity index (χ1n) is 6.05. The fraction of sp³-hybridized carbons (Fsp3) is 0.667. The average molecular weight is 237 g/mol. The Bertz CT molecular complexity index is 370. The fourth-order valence-corrected chi connectivity index (χ4v) is 2.01. The first kappa shape index (κ1) is 12.3. The number of hydrogen-bond acceptors (Lipinski definition) is 4. The third-order valence-corrected chi connectivity index (χ3v) is 2.93. The Morgan fingerprint density at radius 2 is 2.35 bits per heavy atom. The number of hydrogen-bond donors (Lipinski definition) is 1. The molecule has 1 aromatic heterocycles. The molecule has 1 aromatic rings. The van der Waals surface area contributed by atoms with E-state index in [1.165, 1.54) is 0 Å². The van der Waals surface area contributed by atoms with Crippen LogP contribution >= 0.6 is 0 Å². The molecule has 0 atom stereocenters. The standard InChI is InChI=1S/C12H19N3O2/c1-15-8-10(7-14-15)6-11(16)9-17-12-2-4-13-5-3-12/h7-8,12-13H,2-6,9H2,1H3. The molecule has 0 radical (unpaired) electrons. The lowest BCUT2D eigenvalue weighted by atomic mass is 10.1. The normalized spacial score (nSPS) is 17.2. The van der Waals surface area contributed by atoms with Crippen LogP contribution in [0.4, 0.5) is 0 Å². The molecule has 1 N–H and O–H groups in total. The highest BCUT2D eigenvalue weighted by Gasteiger charge is 2.15. The lowest BCUT2D eigenvalue weighted by Crippen LogP contribution is -2.33. The first-order chi connectivity index (χ1) is 8.24. The lowest BCUT2D eigenvalue weighted by Gasteiger charge is -2.22. The van der Waals surface area contributed by atoms with Crippen molar-refractivity contribution < 1.29 is 9.53 Å². The number of nitrogens with zero attached hydrogens (tertiary/aromatic N) is 2. The average Bonchev–Trinajstić information content (AvgIpc) is 2.73. The highest BCUT2D eigenvalue weighted by molar-refractivity contribution is 5.81. The van der Waals surface area contributed by atoms with Gasteiger partial charge in [0.2, 0.25) is 0 Å². The van der Waals surface area contributed by atoms with E-state index in [0.717, 1.165) is 31.5 Å². The van der Waals surface area contributed by atoms with Crippen LogP contribution in [0.5, 0.6) is 0 Å². The quantitative estimate of drug-likeness (QED) is 0.800. The molecule has 0 saturated carbocycles. The fourth-order valence-electron chi connectivity index (χ4n) is 2.01. The van der Waals surface area contributed by atoms with Gasteiger partial charge in [-0.2, -0.15) is 5.10 Å². The second-order valence-electron chi connectivity index (χ2n) is 4.50. The highest BCUT2D eigenvalue weighted by atomic mass is 16.5. The van der Waals surface area contributed by atoms with Crippen LogP contribution in [0.2, 0.25) is 0 Å². The second-order valence-corrected chi connectivity index (χ2v) is 4.50. The van der Waals surface area contributed by atoms with Gasteiger partial charge in [0.1, 0.15) is 6.61 Å². The maximum Gasteiger partial charge on any atom is 0.162 e. The van der Waals surface area contributed by atoms with E-state index in [1.54, 1.807) is 10.9 Å². The van der Waals surface area contributed by atoms with E-state index >= 15 is 0 Å². The van der Waals surface area contributed by atoms with Crippen LogP contribution in [-0.2, 0) is 23.0 Å². The Morgan fingerprint density at radius 1 is 1.59 bits per heavy atom. The van der Waals surface area contributed by atoms with Gasteiger partial charge >= 0.3 is 0 Å². The maximum atomic E-state index is 11.7. The lowest BCUT2D eigenvalue weighted by molar-refractivity contribution is -0.125. The van der Waals surface area contributed by atoms with Gasteiger partial charge in [-0.3, -0.25) is 9.48 Å².